The van der Waals surface area contributed by atoms with E-state index in [1.165, 1.54) is 12.4 Å². The van der Waals surface area contributed by atoms with Crippen molar-refractivity contribution < 1.29 is 4.79 Å². The molecule has 20 heavy (non-hydrogen) atoms. The van der Waals surface area contributed by atoms with Crippen molar-refractivity contribution in [2.75, 3.05) is 24.3 Å². The third-order valence-corrected chi connectivity index (χ3v) is 2.71. The van der Waals surface area contributed by atoms with Crippen LogP contribution in [0.25, 0.3) is 0 Å². The van der Waals surface area contributed by atoms with Crippen LogP contribution in [0.2, 0.25) is 0 Å². The second-order valence-corrected chi connectivity index (χ2v) is 4.46. The van der Waals surface area contributed by atoms with E-state index in [1.807, 2.05) is 43.3 Å². The molecule has 6 heteroatoms. The minimum atomic E-state index is -0.304. The summed E-state index contributed by atoms with van der Waals surface area (Å²) in [7, 11) is 3.98. The van der Waals surface area contributed by atoms with Crippen LogP contribution in [0.4, 0.5) is 16.3 Å². The fourth-order valence-electron chi connectivity index (χ4n) is 1.62. The van der Waals surface area contributed by atoms with Crippen molar-refractivity contribution in [3.8, 4) is 0 Å². The van der Waals surface area contributed by atoms with Crippen molar-refractivity contribution in [1.82, 2.24) is 15.3 Å². The summed E-state index contributed by atoms with van der Waals surface area (Å²) in [5.74, 6) is 0.424. The van der Waals surface area contributed by atoms with E-state index < -0.39 is 0 Å². The van der Waals surface area contributed by atoms with Crippen LogP contribution >= 0.6 is 0 Å². The van der Waals surface area contributed by atoms with Gasteiger partial charge in [-0.1, -0.05) is 12.1 Å². The molecule has 2 amide bonds. The number of carbonyl (C=O) groups is 1. The highest BCUT2D eigenvalue weighted by Crippen LogP contribution is 2.11. The molecule has 1 aromatic heterocycles. The standard InChI is InChI=1S/C14H17N5O/c1-19(2)12-5-3-11(4-6-12)9-17-14(20)18-13-10-15-7-8-16-13/h3-8,10H,9H2,1-2H3,(H2,16,17,18,20). The third-order valence-electron chi connectivity index (χ3n) is 2.71. The number of urea groups is 1. The summed E-state index contributed by atoms with van der Waals surface area (Å²) in [6.07, 6.45) is 4.57. The van der Waals surface area contributed by atoms with Gasteiger partial charge in [0.2, 0.25) is 0 Å². The second kappa shape index (κ2) is 6.51. The molecule has 0 spiro atoms. The first kappa shape index (κ1) is 13.8. The second-order valence-electron chi connectivity index (χ2n) is 4.46. The number of nitrogens with one attached hydrogen (secondary N) is 2. The summed E-state index contributed by atoms with van der Waals surface area (Å²) in [6.45, 7) is 0.458. The zero-order chi connectivity index (χ0) is 14.4. The van der Waals surface area contributed by atoms with Crippen molar-refractivity contribution >= 4 is 17.5 Å². The number of hydrogen-bond donors (Lipinski definition) is 2. The van der Waals surface area contributed by atoms with Gasteiger partial charge in [0, 0.05) is 38.7 Å². The highest BCUT2D eigenvalue weighted by atomic mass is 16.2. The molecular formula is C14H17N5O. The van der Waals surface area contributed by atoms with E-state index in [0.29, 0.717) is 12.4 Å². The van der Waals surface area contributed by atoms with Gasteiger partial charge in [-0.15, -0.1) is 0 Å². The molecule has 0 aliphatic rings. The lowest BCUT2D eigenvalue weighted by Crippen LogP contribution is -2.28. The summed E-state index contributed by atoms with van der Waals surface area (Å²) < 4.78 is 0. The highest BCUT2D eigenvalue weighted by molar-refractivity contribution is 5.87. The van der Waals surface area contributed by atoms with Crippen LogP contribution < -0.4 is 15.5 Å². The maximum Gasteiger partial charge on any atom is 0.320 e. The lowest BCUT2D eigenvalue weighted by atomic mass is 10.2. The lowest BCUT2D eigenvalue weighted by Gasteiger charge is -2.13. The van der Waals surface area contributed by atoms with Gasteiger partial charge in [0.1, 0.15) is 0 Å². The number of hydrogen-bond acceptors (Lipinski definition) is 4. The Balaban J connectivity index is 1.84. The average Bonchev–Trinajstić information content (AvgIpc) is 2.46. The van der Waals surface area contributed by atoms with Crippen LogP contribution in [0.1, 0.15) is 5.56 Å². The molecule has 0 saturated heterocycles. The van der Waals surface area contributed by atoms with Gasteiger partial charge in [0.25, 0.3) is 0 Å². The molecule has 104 valence electrons. The Bertz CT molecular complexity index is 554. The molecule has 0 aliphatic carbocycles. The smallest absolute Gasteiger partial charge is 0.320 e. The maximum absolute atomic E-state index is 11.7. The first-order valence-corrected chi connectivity index (χ1v) is 6.22. The minimum Gasteiger partial charge on any atom is -0.378 e. The van der Waals surface area contributed by atoms with Crippen molar-refractivity contribution in [3.05, 3.63) is 48.4 Å². The van der Waals surface area contributed by atoms with Gasteiger partial charge in [-0.05, 0) is 17.7 Å². The van der Waals surface area contributed by atoms with Gasteiger partial charge in [-0.3, -0.25) is 10.3 Å². The number of benzene rings is 1. The minimum absolute atomic E-state index is 0.304. The summed E-state index contributed by atoms with van der Waals surface area (Å²) in [4.78, 5) is 21.5. The van der Waals surface area contributed by atoms with E-state index in [-0.39, 0.29) is 6.03 Å². The largest absolute Gasteiger partial charge is 0.378 e. The monoisotopic (exact) mass is 271 g/mol. The molecule has 1 heterocycles. The number of aromatic nitrogens is 2. The van der Waals surface area contributed by atoms with Gasteiger partial charge in [-0.2, -0.15) is 0 Å². The summed E-state index contributed by atoms with van der Waals surface area (Å²) >= 11 is 0. The van der Waals surface area contributed by atoms with E-state index in [1.54, 1.807) is 6.20 Å². The van der Waals surface area contributed by atoms with Crippen LogP contribution in [-0.2, 0) is 6.54 Å². The van der Waals surface area contributed by atoms with Crippen LogP contribution in [-0.4, -0.2) is 30.1 Å². The van der Waals surface area contributed by atoms with Crippen molar-refractivity contribution in [1.29, 1.82) is 0 Å². The first-order valence-electron chi connectivity index (χ1n) is 6.22. The average molecular weight is 271 g/mol. The Hall–Kier alpha value is -2.63. The molecule has 0 radical (unpaired) electrons. The zero-order valence-corrected chi connectivity index (χ0v) is 11.5. The normalized spacial score (nSPS) is 9.90. The van der Waals surface area contributed by atoms with E-state index >= 15 is 0 Å². The number of amides is 2. The molecular weight excluding hydrogens is 254 g/mol. The van der Waals surface area contributed by atoms with Gasteiger partial charge in [-0.25, -0.2) is 9.78 Å². The topological polar surface area (TPSA) is 70.2 Å². The Kier molecular flexibility index (Phi) is 4.49. The van der Waals surface area contributed by atoms with Crippen LogP contribution in [0.15, 0.2) is 42.9 Å². The van der Waals surface area contributed by atoms with E-state index in [0.717, 1.165) is 11.3 Å². The van der Waals surface area contributed by atoms with Crippen LogP contribution in [0, 0.1) is 0 Å². The molecule has 0 fully saturated rings. The molecule has 0 aliphatic heterocycles. The fourth-order valence-corrected chi connectivity index (χ4v) is 1.62. The lowest BCUT2D eigenvalue weighted by molar-refractivity contribution is 0.251. The quantitative estimate of drug-likeness (QED) is 0.890. The Labute approximate surface area is 117 Å². The molecule has 2 rings (SSSR count). The van der Waals surface area contributed by atoms with Crippen LogP contribution in [0.5, 0.6) is 0 Å². The maximum atomic E-state index is 11.7. The van der Waals surface area contributed by atoms with Crippen molar-refractivity contribution in [2.45, 2.75) is 6.54 Å². The summed E-state index contributed by atoms with van der Waals surface area (Å²) in [5, 5.41) is 5.37. The molecule has 2 aromatic rings. The highest BCUT2D eigenvalue weighted by Gasteiger charge is 2.02. The Morgan fingerprint density at radius 3 is 2.55 bits per heavy atom. The van der Waals surface area contributed by atoms with Crippen molar-refractivity contribution in [2.24, 2.45) is 0 Å². The molecule has 2 N–H and O–H groups in total. The molecule has 0 bridgehead atoms. The Morgan fingerprint density at radius 2 is 1.95 bits per heavy atom. The summed E-state index contributed by atoms with van der Waals surface area (Å²) in [6, 6.07) is 7.69. The predicted octanol–water partition coefficient (Wildman–Crippen LogP) is 1.86. The number of nitrogens with zero attached hydrogens (tertiary/aromatic N) is 3. The summed E-state index contributed by atoms with van der Waals surface area (Å²) in [5.41, 5.74) is 2.16. The fraction of sp³-hybridized carbons (Fsp3) is 0.214. The van der Waals surface area contributed by atoms with Crippen LogP contribution in [0.3, 0.4) is 0 Å². The van der Waals surface area contributed by atoms with Gasteiger partial charge < -0.3 is 10.2 Å². The zero-order valence-electron chi connectivity index (χ0n) is 11.5. The SMILES string of the molecule is CN(C)c1ccc(CNC(=O)Nc2cnccn2)cc1. The first-order chi connectivity index (χ1) is 9.65. The number of carbonyl (C=O) groups excluding carboxylic acids is 1. The number of anilines is 2. The van der Waals surface area contributed by atoms with Crippen molar-refractivity contribution in [3.63, 3.8) is 0 Å². The Morgan fingerprint density at radius 1 is 1.20 bits per heavy atom. The molecule has 0 atom stereocenters. The molecule has 1 aromatic carbocycles. The molecule has 6 nitrogen and oxygen atoms in total. The van der Waals surface area contributed by atoms with Gasteiger partial charge >= 0.3 is 6.03 Å². The van der Waals surface area contributed by atoms with E-state index in [4.69, 9.17) is 0 Å². The van der Waals surface area contributed by atoms with E-state index in [9.17, 15) is 4.79 Å². The van der Waals surface area contributed by atoms with Gasteiger partial charge in [0.05, 0.1) is 6.20 Å². The third kappa shape index (κ3) is 3.94. The molecule has 0 saturated carbocycles. The molecule has 0 unspecified atom stereocenters. The number of rotatable bonds is 4. The van der Waals surface area contributed by atoms with Gasteiger partial charge in [0.15, 0.2) is 5.82 Å². The van der Waals surface area contributed by atoms with E-state index in [2.05, 4.69) is 20.6 Å². The predicted molar refractivity (Wildman–Crippen MR) is 78.7 cm³/mol.